The van der Waals surface area contributed by atoms with Gasteiger partial charge in [-0.05, 0) is 25.0 Å². The van der Waals surface area contributed by atoms with Crippen molar-refractivity contribution in [2.45, 2.75) is 39.5 Å². The Morgan fingerprint density at radius 1 is 1.20 bits per heavy atom. The van der Waals surface area contributed by atoms with Gasteiger partial charge < -0.3 is 11.1 Å². The molecule has 0 aliphatic rings. The van der Waals surface area contributed by atoms with Gasteiger partial charge in [-0.2, -0.15) is 0 Å². The quantitative estimate of drug-likeness (QED) is 0.551. The van der Waals surface area contributed by atoms with Crippen LogP contribution in [0.2, 0.25) is 0 Å². The van der Waals surface area contributed by atoms with Crippen LogP contribution < -0.4 is 11.1 Å². The highest BCUT2D eigenvalue weighted by Crippen LogP contribution is 2.21. The number of para-hydroxylation sites is 1. The zero-order chi connectivity index (χ0) is 11.1. The molecule has 0 radical (unpaired) electrons. The first-order valence-electron chi connectivity index (χ1n) is 5.84. The summed E-state index contributed by atoms with van der Waals surface area (Å²) < 4.78 is 0. The van der Waals surface area contributed by atoms with E-state index in [0.717, 1.165) is 23.5 Å². The van der Waals surface area contributed by atoms with Crippen LogP contribution in [0.25, 0.3) is 0 Å². The number of hydrogen-bond acceptors (Lipinski definition) is 2. The van der Waals surface area contributed by atoms with E-state index in [1.54, 1.807) is 0 Å². The zero-order valence-corrected chi connectivity index (χ0v) is 9.84. The predicted octanol–water partition coefficient (Wildman–Crippen LogP) is 3.57. The highest BCUT2D eigenvalue weighted by Gasteiger charge is 1.99. The van der Waals surface area contributed by atoms with Crippen LogP contribution in [0.5, 0.6) is 0 Å². The highest BCUT2D eigenvalue weighted by atomic mass is 14.9. The Morgan fingerprint density at radius 2 is 2.00 bits per heavy atom. The molecule has 15 heavy (non-hydrogen) atoms. The zero-order valence-electron chi connectivity index (χ0n) is 9.84. The Morgan fingerprint density at radius 3 is 2.73 bits per heavy atom. The van der Waals surface area contributed by atoms with Crippen molar-refractivity contribution in [1.82, 2.24) is 0 Å². The molecule has 0 heterocycles. The van der Waals surface area contributed by atoms with E-state index >= 15 is 0 Å². The predicted molar refractivity (Wildman–Crippen MR) is 68.2 cm³/mol. The lowest BCUT2D eigenvalue weighted by Crippen LogP contribution is -2.04. The van der Waals surface area contributed by atoms with Crippen LogP contribution >= 0.6 is 0 Å². The van der Waals surface area contributed by atoms with Gasteiger partial charge in [-0.3, -0.25) is 0 Å². The maximum absolute atomic E-state index is 5.96. The van der Waals surface area contributed by atoms with Gasteiger partial charge in [-0.15, -0.1) is 0 Å². The third-order valence-corrected chi connectivity index (χ3v) is 2.67. The lowest BCUT2D eigenvalue weighted by Gasteiger charge is -2.10. The average molecular weight is 206 g/mol. The molecule has 84 valence electrons. The number of aryl methyl sites for hydroxylation is 1. The normalized spacial score (nSPS) is 10.3. The molecule has 0 saturated heterocycles. The van der Waals surface area contributed by atoms with Crippen LogP contribution in [-0.4, -0.2) is 6.54 Å². The van der Waals surface area contributed by atoms with Crippen molar-refractivity contribution >= 4 is 11.4 Å². The Bertz CT molecular complexity index is 295. The number of hydrogen-bond donors (Lipinski definition) is 2. The second-order valence-corrected chi connectivity index (χ2v) is 4.02. The molecular formula is C13H22N2. The summed E-state index contributed by atoms with van der Waals surface area (Å²) in [5.41, 5.74) is 9.07. The van der Waals surface area contributed by atoms with Gasteiger partial charge in [0.1, 0.15) is 0 Å². The first-order valence-corrected chi connectivity index (χ1v) is 5.84. The molecule has 0 amide bonds. The topological polar surface area (TPSA) is 38.0 Å². The number of benzene rings is 1. The van der Waals surface area contributed by atoms with Crippen molar-refractivity contribution in [2.75, 3.05) is 17.6 Å². The minimum Gasteiger partial charge on any atom is -0.397 e. The number of nitrogens with two attached hydrogens (primary N) is 1. The number of nitrogens with one attached hydrogen (secondary N) is 1. The summed E-state index contributed by atoms with van der Waals surface area (Å²) in [4.78, 5) is 0. The SMILES string of the molecule is CCCCCCNc1cccc(C)c1N. The molecule has 2 nitrogen and oxygen atoms in total. The van der Waals surface area contributed by atoms with Crippen LogP contribution in [0.1, 0.15) is 38.2 Å². The maximum Gasteiger partial charge on any atom is 0.0579 e. The Balaban J connectivity index is 2.34. The van der Waals surface area contributed by atoms with Crippen LogP contribution in [0.4, 0.5) is 11.4 Å². The van der Waals surface area contributed by atoms with Crippen molar-refractivity contribution in [2.24, 2.45) is 0 Å². The molecule has 1 rings (SSSR count). The Kier molecular flexibility index (Phi) is 5.02. The van der Waals surface area contributed by atoms with Gasteiger partial charge in [0.2, 0.25) is 0 Å². The molecule has 0 fully saturated rings. The van der Waals surface area contributed by atoms with E-state index in [9.17, 15) is 0 Å². The molecule has 1 aromatic rings. The van der Waals surface area contributed by atoms with Gasteiger partial charge in [-0.25, -0.2) is 0 Å². The van der Waals surface area contributed by atoms with E-state index in [4.69, 9.17) is 5.73 Å². The van der Waals surface area contributed by atoms with E-state index < -0.39 is 0 Å². The maximum atomic E-state index is 5.96. The van der Waals surface area contributed by atoms with E-state index in [1.807, 2.05) is 25.1 Å². The van der Waals surface area contributed by atoms with Crippen LogP contribution in [0.3, 0.4) is 0 Å². The second-order valence-electron chi connectivity index (χ2n) is 4.02. The largest absolute Gasteiger partial charge is 0.397 e. The van der Waals surface area contributed by atoms with Gasteiger partial charge in [-0.1, -0.05) is 38.3 Å². The summed E-state index contributed by atoms with van der Waals surface area (Å²) in [5.74, 6) is 0. The smallest absolute Gasteiger partial charge is 0.0579 e. The first-order chi connectivity index (χ1) is 7.25. The highest BCUT2D eigenvalue weighted by molar-refractivity contribution is 5.69. The van der Waals surface area contributed by atoms with Crippen molar-refractivity contribution in [3.8, 4) is 0 Å². The molecule has 0 spiro atoms. The molecule has 2 heteroatoms. The van der Waals surface area contributed by atoms with Crippen molar-refractivity contribution in [1.29, 1.82) is 0 Å². The van der Waals surface area contributed by atoms with Crippen molar-refractivity contribution in [3.63, 3.8) is 0 Å². The molecule has 0 unspecified atom stereocenters. The summed E-state index contributed by atoms with van der Waals surface area (Å²) >= 11 is 0. The fraction of sp³-hybridized carbons (Fsp3) is 0.538. The van der Waals surface area contributed by atoms with Crippen LogP contribution in [0.15, 0.2) is 18.2 Å². The fourth-order valence-corrected chi connectivity index (χ4v) is 1.61. The van der Waals surface area contributed by atoms with Crippen LogP contribution in [-0.2, 0) is 0 Å². The number of rotatable bonds is 6. The van der Waals surface area contributed by atoms with Crippen LogP contribution in [0, 0.1) is 6.92 Å². The summed E-state index contributed by atoms with van der Waals surface area (Å²) in [6.07, 6.45) is 5.13. The Hall–Kier alpha value is -1.18. The van der Waals surface area contributed by atoms with E-state index in [2.05, 4.69) is 12.2 Å². The van der Waals surface area contributed by atoms with Crippen molar-refractivity contribution in [3.05, 3.63) is 23.8 Å². The standard InChI is InChI=1S/C13H22N2/c1-3-4-5-6-10-15-12-9-7-8-11(2)13(12)14/h7-9,15H,3-6,10,14H2,1-2H3. The molecule has 0 bridgehead atoms. The van der Waals surface area contributed by atoms with Gasteiger partial charge in [0.05, 0.1) is 11.4 Å². The first kappa shape index (κ1) is 11.9. The minimum absolute atomic E-state index is 0.882. The number of nitrogen functional groups attached to an aromatic ring is 1. The lowest BCUT2D eigenvalue weighted by atomic mass is 10.1. The molecular weight excluding hydrogens is 184 g/mol. The average Bonchev–Trinajstić information content (AvgIpc) is 2.24. The lowest BCUT2D eigenvalue weighted by molar-refractivity contribution is 0.685. The van der Waals surface area contributed by atoms with Gasteiger partial charge in [0.25, 0.3) is 0 Å². The molecule has 0 aliphatic heterocycles. The minimum atomic E-state index is 0.882. The summed E-state index contributed by atoms with van der Waals surface area (Å²) in [6, 6.07) is 6.12. The number of anilines is 2. The molecule has 1 aromatic carbocycles. The van der Waals surface area contributed by atoms with Gasteiger partial charge in [0.15, 0.2) is 0 Å². The summed E-state index contributed by atoms with van der Waals surface area (Å²) in [5, 5.41) is 3.39. The summed E-state index contributed by atoms with van der Waals surface area (Å²) in [7, 11) is 0. The third-order valence-electron chi connectivity index (χ3n) is 2.67. The third kappa shape index (κ3) is 3.82. The van der Waals surface area contributed by atoms with Gasteiger partial charge in [0, 0.05) is 6.54 Å². The van der Waals surface area contributed by atoms with E-state index in [1.165, 1.54) is 25.7 Å². The molecule has 0 aliphatic carbocycles. The van der Waals surface area contributed by atoms with Crippen molar-refractivity contribution < 1.29 is 0 Å². The molecule has 0 atom stereocenters. The molecule has 0 aromatic heterocycles. The van der Waals surface area contributed by atoms with E-state index in [0.29, 0.717) is 0 Å². The van der Waals surface area contributed by atoms with Gasteiger partial charge >= 0.3 is 0 Å². The monoisotopic (exact) mass is 206 g/mol. The summed E-state index contributed by atoms with van der Waals surface area (Å²) in [6.45, 7) is 5.29. The Labute approximate surface area is 92.9 Å². The number of unbranched alkanes of at least 4 members (excludes halogenated alkanes) is 3. The van der Waals surface area contributed by atoms with E-state index in [-0.39, 0.29) is 0 Å². The second kappa shape index (κ2) is 6.33. The fourth-order valence-electron chi connectivity index (χ4n) is 1.61. The molecule has 3 N–H and O–H groups in total. The molecule has 0 saturated carbocycles.